The molecular formula is C56H76N12O14. The summed E-state index contributed by atoms with van der Waals surface area (Å²) in [5.74, 6) is -1.91. The third kappa shape index (κ3) is 20.7. The largest absolute Gasteiger partial charge is 0.493 e. The Bertz CT molecular complexity index is 2720. The molecule has 0 spiro atoms. The topological polar surface area (TPSA) is 341 Å². The first-order valence-corrected chi connectivity index (χ1v) is 27.3. The van der Waals surface area contributed by atoms with Gasteiger partial charge in [0.2, 0.25) is 17.7 Å². The average Bonchev–Trinajstić information content (AvgIpc) is 3.83. The summed E-state index contributed by atoms with van der Waals surface area (Å²) in [5, 5.41) is 17.1. The van der Waals surface area contributed by atoms with E-state index in [2.05, 4.69) is 41.9 Å². The Balaban J connectivity index is 0.859. The number of nitrogens with one attached hydrogen (secondary N) is 6. The quantitative estimate of drug-likeness (QED) is 0.0337. The molecule has 0 radical (unpaired) electrons. The van der Waals surface area contributed by atoms with E-state index in [9.17, 15) is 33.6 Å². The van der Waals surface area contributed by atoms with Crippen molar-refractivity contribution in [2.75, 3.05) is 117 Å². The lowest BCUT2D eigenvalue weighted by atomic mass is 10.0. The van der Waals surface area contributed by atoms with Crippen LogP contribution in [0.1, 0.15) is 62.0 Å². The number of anilines is 2. The van der Waals surface area contributed by atoms with Crippen LogP contribution in [0.5, 0.6) is 11.5 Å². The molecule has 26 nitrogen and oxygen atoms in total. The normalized spacial score (nSPS) is 14.9. The van der Waals surface area contributed by atoms with Crippen molar-refractivity contribution in [2.45, 2.75) is 64.6 Å². The molecule has 4 heterocycles. The molecule has 0 saturated carbocycles. The predicted molar refractivity (Wildman–Crippen MR) is 300 cm³/mol. The van der Waals surface area contributed by atoms with E-state index in [-0.39, 0.29) is 101 Å². The molecule has 0 aliphatic carbocycles. The van der Waals surface area contributed by atoms with Gasteiger partial charge in [0.1, 0.15) is 30.2 Å². The molecule has 26 heteroatoms. The predicted octanol–water partition coefficient (Wildman–Crippen LogP) is 1.88. The van der Waals surface area contributed by atoms with Crippen LogP contribution in [0.4, 0.5) is 16.3 Å². The van der Waals surface area contributed by atoms with Gasteiger partial charge in [-0.15, -0.1) is 0 Å². The molecule has 0 fully saturated rings. The smallest absolute Gasteiger partial charge is 0.407 e. The van der Waals surface area contributed by atoms with Gasteiger partial charge in [-0.1, -0.05) is 26.0 Å². The van der Waals surface area contributed by atoms with Gasteiger partial charge in [0.15, 0.2) is 11.5 Å². The molecule has 0 saturated heterocycles. The number of hydrogen-bond acceptors (Lipinski definition) is 20. The van der Waals surface area contributed by atoms with Crippen LogP contribution < -0.4 is 52.8 Å². The van der Waals surface area contributed by atoms with Gasteiger partial charge in [-0.05, 0) is 74.1 Å². The van der Waals surface area contributed by atoms with Gasteiger partial charge in [-0.3, -0.25) is 33.7 Å². The summed E-state index contributed by atoms with van der Waals surface area (Å²) in [6, 6.07) is 10.1. The number of imide groups is 1. The number of ether oxygens (including phenoxy) is 7. The maximum atomic E-state index is 13.5. The van der Waals surface area contributed by atoms with Crippen molar-refractivity contribution in [1.29, 1.82) is 0 Å². The maximum Gasteiger partial charge on any atom is 0.407 e. The van der Waals surface area contributed by atoms with Crippen molar-refractivity contribution in [3.8, 4) is 22.8 Å². The lowest BCUT2D eigenvalue weighted by Gasteiger charge is -2.27. The highest BCUT2D eigenvalue weighted by atomic mass is 16.6. The summed E-state index contributed by atoms with van der Waals surface area (Å²) in [7, 11) is 1.94. The van der Waals surface area contributed by atoms with Gasteiger partial charge in [-0.2, -0.15) is 0 Å². The number of likely N-dealkylation sites (N-methyl/N-ethyl adjacent to an activating group) is 1. The van der Waals surface area contributed by atoms with Crippen molar-refractivity contribution < 1.29 is 66.7 Å². The van der Waals surface area contributed by atoms with Gasteiger partial charge in [-0.25, -0.2) is 14.8 Å². The Hall–Kier alpha value is -8.17. The molecule has 3 aromatic rings. The van der Waals surface area contributed by atoms with Crippen LogP contribution in [0.3, 0.4) is 0 Å². The molecule has 6 rings (SSSR count). The average molecular weight is 1140 g/mol. The second-order valence-electron chi connectivity index (χ2n) is 19.3. The van der Waals surface area contributed by atoms with E-state index in [1.54, 1.807) is 62.5 Å². The van der Waals surface area contributed by atoms with Crippen molar-refractivity contribution in [3.05, 3.63) is 95.7 Å². The van der Waals surface area contributed by atoms with Crippen molar-refractivity contribution >= 4 is 53.0 Å². The Morgan fingerprint density at radius 1 is 0.854 bits per heavy atom. The molecule has 3 aliphatic heterocycles. The zero-order valence-electron chi connectivity index (χ0n) is 46.7. The number of nitrogens with zero attached hydrogens (tertiary/aromatic N) is 4. The highest BCUT2D eigenvalue weighted by Crippen LogP contribution is 2.30. The Kier molecular flexibility index (Phi) is 25.8. The second kappa shape index (κ2) is 33.6. The summed E-state index contributed by atoms with van der Waals surface area (Å²) in [6.07, 6.45) is 8.85. The van der Waals surface area contributed by atoms with E-state index < -0.39 is 41.8 Å². The molecule has 4 bridgehead atoms. The number of amides is 7. The number of nitrogens with two attached hydrogens (primary N) is 2. The summed E-state index contributed by atoms with van der Waals surface area (Å²) < 4.78 is 39.5. The summed E-state index contributed by atoms with van der Waals surface area (Å²) in [6.45, 7) is 8.23. The minimum atomic E-state index is -0.951. The highest BCUT2D eigenvalue weighted by Gasteiger charge is 2.29. The first-order chi connectivity index (χ1) is 39.7. The van der Waals surface area contributed by atoms with E-state index in [1.807, 2.05) is 18.0 Å². The van der Waals surface area contributed by atoms with Gasteiger partial charge in [0.25, 0.3) is 17.7 Å². The first-order valence-electron chi connectivity index (χ1n) is 27.3. The zero-order valence-corrected chi connectivity index (χ0v) is 46.7. The summed E-state index contributed by atoms with van der Waals surface area (Å²) in [4.78, 5) is 101. The molecular weight excluding hydrogens is 1060 g/mol. The fraction of sp³-hybridized carbons (Fsp3) is 0.482. The molecule has 10 N–H and O–H groups in total. The van der Waals surface area contributed by atoms with Crippen LogP contribution >= 0.6 is 0 Å². The lowest BCUT2D eigenvalue weighted by molar-refractivity contribution is -0.137. The molecule has 82 heavy (non-hydrogen) atoms. The van der Waals surface area contributed by atoms with Crippen LogP contribution in [-0.2, 0) is 54.3 Å². The molecule has 2 aromatic carbocycles. The minimum Gasteiger partial charge on any atom is -0.493 e. The standard InChI is InChI=1S/C56H76N12O14/c1-37(2)50(66-47(69)15-23-76-25-27-78-29-30-79-28-26-77-24-20-68-48(70)12-13-49(68)71)54(73)64-43(7-4-16-57)53(72)62-40-10-8-38(9-11-40)36-82-56(75)60-17-5-21-80-41-31-39-32-42(33-41)81-22-6-19-67(3)46-14-18-59-34-45(46)65-55(74)51-52(58)61-35-44(39)63-51/h8-14,31-35,37,43,50,59H,4-7,15-30,36,57H2,1-3H3,(H2,58,61)(H,60,75)(H,62,72)(H,64,73)(H,65,74)(H,66,69). The highest BCUT2D eigenvalue weighted by molar-refractivity contribution is 6.12. The number of rotatable bonds is 31. The van der Waals surface area contributed by atoms with E-state index in [0.29, 0.717) is 105 Å². The van der Waals surface area contributed by atoms with Gasteiger partial charge < -0.3 is 81.4 Å². The van der Waals surface area contributed by atoms with Crippen LogP contribution in [0.2, 0.25) is 0 Å². The molecule has 1 aromatic heterocycles. The number of aromatic nitrogens is 2. The van der Waals surface area contributed by atoms with E-state index >= 15 is 0 Å². The van der Waals surface area contributed by atoms with E-state index in [0.717, 1.165) is 10.6 Å². The molecule has 3 aliphatic rings. The van der Waals surface area contributed by atoms with Crippen LogP contribution in [0.15, 0.2) is 84.5 Å². The number of dihydropyridines is 1. The third-order valence-corrected chi connectivity index (χ3v) is 12.7. The lowest BCUT2D eigenvalue weighted by Crippen LogP contribution is -2.54. The number of carbonyl (C=O) groups excluding carboxylic acids is 7. The maximum absolute atomic E-state index is 13.5. The Morgan fingerprint density at radius 3 is 2.27 bits per heavy atom. The molecule has 444 valence electrons. The van der Waals surface area contributed by atoms with Crippen LogP contribution in [0, 0.1) is 5.92 Å². The zero-order chi connectivity index (χ0) is 58.6. The molecule has 2 atom stereocenters. The van der Waals surface area contributed by atoms with Crippen LogP contribution in [0.25, 0.3) is 11.3 Å². The number of hydrogen-bond donors (Lipinski definition) is 8. The van der Waals surface area contributed by atoms with Crippen molar-refractivity contribution in [1.82, 2.24) is 46.4 Å². The van der Waals surface area contributed by atoms with Gasteiger partial charge in [0, 0.05) is 68.8 Å². The SMILES string of the molecule is CC(C)C(NC(=O)CCOCCOCCOCCOCCN1C(=O)C=CC1=O)C(=O)NC(CCCN)C(=O)Nc1ccc(COC(=O)NCCCOc2cc3cc(c2)-c2cnc(N)c(n2)C(=O)NC2=CNCC=C2N(C)CCCO3)cc1. The summed E-state index contributed by atoms with van der Waals surface area (Å²) in [5.41, 5.74) is 15.4. The van der Waals surface area contributed by atoms with Crippen molar-refractivity contribution in [3.63, 3.8) is 0 Å². The Morgan fingerprint density at radius 2 is 1.56 bits per heavy atom. The number of nitrogen functional groups attached to an aromatic ring is 1. The van der Waals surface area contributed by atoms with E-state index in [1.165, 1.54) is 18.3 Å². The number of carbonyl (C=O) groups is 7. The van der Waals surface area contributed by atoms with E-state index in [4.69, 9.17) is 44.6 Å². The van der Waals surface area contributed by atoms with Crippen LogP contribution in [-0.4, -0.2) is 179 Å². The summed E-state index contributed by atoms with van der Waals surface area (Å²) >= 11 is 0. The molecule has 2 unspecified atom stereocenters. The first kappa shape index (κ1) is 63.0. The fourth-order valence-electron chi connectivity index (χ4n) is 8.28. The van der Waals surface area contributed by atoms with Gasteiger partial charge in [0.05, 0.1) is 95.9 Å². The minimum absolute atomic E-state index is 0.00474. The molecule has 7 amide bonds. The van der Waals surface area contributed by atoms with Crippen molar-refractivity contribution in [2.24, 2.45) is 11.7 Å². The fourth-order valence-corrected chi connectivity index (χ4v) is 8.28. The van der Waals surface area contributed by atoms with Gasteiger partial charge >= 0.3 is 6.09 Å². The monoisotopic (exact) mass is 1140 g/mol. The number of alkyl carbamates (subject to hydrolysis) is 1. The number of fused-ring (bicyclic) bond motifs is 6. The Labute approximate surface area is 476 Å². The second-order valence-corrected chi connectivity index (χ2v) is 19.3. The third-order valence-electron chi connectivity index (χ3n) is 12.7. The number of benzene rings is 2.